The predicted molar refractivity (Wildman–Crippen MR) is 93.7 cm³/mol. The van der Waals surface area contributed by atoms with E-state index in [0.29, 0.717) is 18.7 Å². The number of hydrogen-bond acceptors (Lipinski definition) is 4. The minimum atomic E-state index is -1.45. The van der Waals surface area contributed by atoms with Crippen LogP contribution in [0.4, 0.5) is 18.9 Å². The van der Waals surface area contributed by atoms with Crippen LogP contribution >= 0.6 is 0 Å². The molecule has 0 spiro atoms. The molecule has 0 aliphatic carbocycles. The van der Waals surface area contributed by atoms with Gasteiger partial charge in [0.25, 0.3) is 0 Å². The average molecular weight is 383 g/mol. The quantitative estimate of drug-likeness (QED) is 0.702. The second-order valence-electron chi connectivity index (χ2n) is 7.98. The van der Waals surface area contributed by atoms with Gasteiger partial charge in [-0.1, -0.05) is 0 Å². The van der Waals surface area contributed by atoms with E-state index in [1.54, 1.807) is 0 Å². The van der Waals surface area contributed by atoms with Gasteiger partial charge in [0.05, 0.1) is 18.2 Å². The summed E-state index contributed by atoms with van der Waals surface area (Å²) < 4.78 is 47.0. The van der Waals surface area contributed by atoms with Crippen molar-refractivity contribution in [1.82, 2.24) is 10.6 Å². The van der Waals surface area contributed by atoms with E-state index in [4.69, 9.17) is 4.74 Å². The number of hydrogen-bond donors (Lipinski definition) is 3. The molecule has 4 rings (SSSR count). The molecule has 8 heteroatoms. The zero-order valence-corrected chi connectivity index (χ0v) is 15.3. The zero-order valence-electron chi connectivity index (χ0n) is 15.3. The van der Waals surface area contributed by atoms with Crippen molar-refractivity contribution in [2.24, 2.45) is 11.8 Å². The summed E-state index contributed by atoms with van der Waals surface area (Å²) in [5.74, 6) is -4.07. The fourth-order valence-electron chi connectivity index (χ4n) is 4.60. The van der Waals surface area contributed by atoms with Crippen LogP contribution in [0.25, 0.3) is 0 Å². The van der Waals surface area contributed by atoms with Crippen LogP contribution in [0, 0.1) is 29.3 Å². The summed E-state index contributed by atoms with van der Waals surface area (Å²) in [6, 6.07) is 1.10. The Bertz CT molecular complexity index is 758. The van der Waals surface area contributed by atoms with Crippen molar-refractivity contribution in [3.05, 3.63) is 29.1 Å². The highest BCUT2D eigenvalue weighted by atomic mass is 19.2. The molecule has 3 aliphatic heterocycles. The van der Waals surface area contributed by atoms with E-state index in [0.717, 1.165) is 18.9 Å². The van der Waals surface area contributed by atoms with Gasteiger partial charge in [-0.25, -0.2) is 13.2 Å². The van der Waals surface area contributed by atoms with Crippen LogP contribution in [0.2, 0.25) is 0 Å². The number of piperidine rings is 1. The number of benzene rings is 1. The first kappa shape index (κ1) is 18.6. The summed E-state index contributed by atoms with van der Waals surface area (Å²) in [7, 11) is 0. The Balaban J connectivity index is 1.48. The summed E-state index contributed by atoms with van der Waals surface area (Å²) >= 11 is 0. The average Bonchev–Trinajstić information content (AvgIpc) is 3.22. The number of amides is 1. The Morgan fingerprint density at radius 1 is 1.26 bits per heavy atom. The van der Waals surface area contributed by atoms with E-state index in [1.807, 2.05) is 13.8 Å². The highest BCUT2D eigenvalue weighted by Gasteiger charge is 2.47. The van der Waals surface area contributed by atoms with Gasteiger partial charge in [-0.2, -0.15) is 0 Å². The number of halogens is 3. The largest absolute Gasteiger partial charge is 0.382 e. The van der Waals surface area contributed by atoms with Crippen LogP contribution in [0.3, 0.4) is 0 Å². The predicted octanol–water partition coefficient (Wildman–Crippen LogP) is 2.48. The first-order valence-corrected chi connectivity index (χ1v) is 9.46. The van der Waals surface area contributed by atoms with Crippen molar-refractivity contribution in [2.45, 2.75) is 50.9 Å². The Morgan fingerprint density at radius 3 is 2.78 bits per heavy atom. The number of fused-ring (bicyclic) bond motifs is 2. The molecular formula is C19H24F3N3O2. The molecule has 0 aromatic heterocycles. The van der Waals surface area contributed by atoms with Crippen LogP contribution in [0.15, 0.2) is 6.07 Å². The molecule has 0 radical (unpaired) electrons. The monoisotopic (exact) mass is 383 g/mol. The SMILES string of the molecule is CC(C)NC(=O)C1COC2NC(C3CNc4c3cc(F)c(F)c4F)CCC21. The summed E-state index contributed by atoms with van der Waals surface area (Å²) in [5, 5.41) is 9.21. The third-order valence-corrected chi connectivity index (χ3v) is 5.89. The van der Waals surface area contributed by atoms with Gasteiger partial charge in [-0.15, -0.1) is 0 Å². The fraction of sp³-hybridized carbons (Fsp3) is 0.632. The lowest BCUT2D eigenvalue weighted by Gasteiger charge is -2.37. The maximum atomic E-state index is 14.0. The minimum Gasteiger partial charge on any atom is -0.382 e. The first-order chi connectivity index (χ1) is 12.9. The van der Waals surface area contributed by atoms with Gasteiger partial charge in [0.15, 0.2) is 17.5 Å². The van der Waals surface area contributed by atoms with Crippen molar-refractivity contribution < 1.29 is 22.7 Å². The molecule has 2 fully saturated rings. The second kappa shape index (κ2) is 6.98. The molecule has 27 heavy (non-hydrogen) atoms. The van der Waals surface area contributed by atoms with E-state index >= 15 is 0 Å². The minimum absolute atomic E-state index is 0.00486. The standard InChI is InChI=1S/C19H24F3N3O2/c1-8(2)24-18(26)12-7-27-19-9(12)3-4-14(25-19)11-6-23-17-10(11)5-13(20)15(21)16(17)22/h5,8-9,11-12,14,19,23,25H,3-4,6-7H2,1-2H3,(H,24,26). The Morgan fingerprint density at radius 2 is 2.04 bits per heavy atom. The van der Waals surface area contributed by atoms with Gasteiger partial charge in [-0.3, -0.25) is 10.1 Å². The van der Waals surface area contributed by atoms with E-state index < -0.39 is 17.5 Å². The number of nitrogens with one attached hydrogen (secondary N) is 3. The first-order valence-electron chi connectivity index (χ1n) is 9.46. The number of carbonyl (C=O) groups excluding carboxylic acids is 1. The number of carbonyl (C=O) groups is 1. The van der Waals surface area contributed by atoms with Crippen molar-refractivity contribution in [3.63, 3.8) is 0 Å². The molecule has 5 nitrogen and oxygen atoms in total. The smallest absolute Gasteiger partial charge is 0.226 e. The van der Waals surface area contributed by atoms with E-state index in [-0.39, 0.29) is 47.7 Å². The zero-order chi connectivity index (χ0) is 19.3. The molecule has 5 unspecified atom stereocenters. The second-order valence-corrected chi connectivity index (χ2v) is 7.98. The summed E-state index contributed by atoms with van der Waals surface area (Å²) in [6.07, 6.45) is 1.28. The molecule has 0 bridgehead atoms. The third-order valence-electron chi connectivity index (χ3n) is 5.89. The molecule has 3 N–H and O–H groups in total. The van der Waals surface area contributed by atoms with Gasteiger partial charge < -0.3 is 15.4 Å². The Hall–Kier alpha value is -1.80. The fourth-order valence-corrected chi connectivity index (χ4v) is 4.60. The maximum Gasteiger partial charge on any atom is 0.226 e. The number of ether oxygens (including phenoxy) is 1. The summed E-state index contributed by atoms with van der Waals surface area (Å²) in [5.41, 5.74) is 0.499. The lowest BCUT2D eigenvalue weighted by atomic mass is 9.80. The van der Waals surface area contributed by atoms with Crippen molar-refractivity contribution in [3.8, 4) is 0 Å². The third kappa shape index (κ3) is 3.18. The van der Waals surface area contributed by atoms with Crippen LogP contribution in [-0.4, -0.2) is 37.4 Å². The Kier molecular flexibility index (Phi) is 4.80. The normalized spacial score (nSPS) is 32.1. The van der Waals surface area contributed by atoms with E-state index in [2.05, 4.69) is 16.0 Å². The molecule has 1 amide bonds. The van der Waals surface area contributed by atoms with Crippen LogP contribution in [0.5, 0.6) is 0 Å². The summed E-state index contributed by atoms with van der Waals surface area (Å²) in [6.45, 7) is 4.61. The lowest BCUT2D eigenvalue weighted by molar-refractivity contribution is -0.126. The lowest BCUT2D eigenvalue weighted by Crippen LogP contribution is -2.51. The molecule has 3 aliphatic rings. The number of anilines is 1. The van der Waals surface area contributed by atoms with E-state index in [1.165, 1.54) is 0 Å². The molecule has 148 valence electrons. The van der Waals surface area contributed by atoms with Crippen molar-refractivity contribution in [1.29, 1.82) is 0 Å². The topological polar surface area (TPSA) is 62.4 Å². The maximum absolute atomic E-state index is 14.0. The van der Waals surface area contributed by atoms with Crippen LogP contribution in [0.1, 0.15) is 38.2 Å². The number of rotatable bonds is 3. The highest BCUT2D eigenvalue weighted by molar-refractivity contribution is 5.79. The highest BCUT2D eigenvalue weighted by Crippen LogP contribution is 2.42. The summed E-state index contributed by atoms with van der Waals surface area (Å²) in [4.78, 5) is 12.4. The van der Waals surface area contributed by atoms with Gasteiger partial charge in [0, 0.05) is 30.5 Å². The molecule has 0 saturated carbocycles. The van der Waals surface area contributed by atoms with Gasteiger partial charge in [-0.05, 0) is 38.3 Å². The Labute approximate surface area is 156 Å². The molecular weight excluding hydrogens is 359 g/mol. The molecule has 5 atom stereocenters. The van der Waals surface area contributed by atoms with Gasteiger partial charge in [0.1, 0.15) is 6.23 Å². The molecule has 2 saturated heterocycles. The van der Waals surface area contributed by atoms with Crippen molar-refractivity contribution in [2.75, 3.05) is 18.5 Å². The van der Waals surface area contributed by atoms with Crippen molar-refractivity contribution >= 4 is 11.6 Å². The molecule has 1 aromatic carbocycles. The van der Waals surface area contributed by atoms with Gasteiger partial charge in [0.2, 0.25) is 5.91 Å². The van der Waals surface area contributed by atoms with Crippen LogP contribution in [-0.2, 0) is 9.53 Å². The molecule has 3 heterocycles. The van der Waals surface area contributed by atoms with Gasteiger partial charge >= 0.3 is 0 Å². The van der Waals surface area contributed by atoms with E-state index in [9.17, 15) is 18.0 Å². The van der Waals surface area contributed by atoms with Crippen LogP contribution < -0.4 is 16.0 Å². The molecule has 1 aromatic rings.